The average Bonchev–Trinajstić information content (AvgIpc) is 2.38. The third-order valence-electron chi connectivity index (χ3n) is 4.06. The van der Waals surface area contributed by atoms with Crippen molar-refractivity contribution in [1.82, 2.24) is 0 Å². The zero-order valence-electron chi connectivity index (χ0n) is 14.3. The lowest BCUT2D eigenvalue weighted by atomic mass is 9.75. The minimum Gasteiger partial charge on any atom is -0.298 e. The Hall–Kier alpha value is -1.18. The van der Waals surface area contributed by atoms with Crippen LogP contribution in [-0.4, -0.2) is 5.78 Å². The zero-order chi connectivity index (χ0) is 16.2. The molecule has 2 atom stereocenters. The van der Waals surface area contributed by atoms with Gasteiger partial charge in [0, 0.05) is 11.3 Å². The van der Waals surface area contributed by atoms with Crippen LogP contribution in [0.5, 0.6) is 0 Å². The molecular formula is C19H29FO. The fourth-order valence-corrected chi connectivity index (χ4v) is 2.81. The second-order valence-electron chi connectivity index (χ2n) is 7.31. The van der Waals surface area contributed by atoms with E-state index in [0.717, 1.165) is 24.8 Å². The van der Waals surface area contributed by atoms with Crippen molar-refractivity contribution >= 4 is 5.78 Å². The minimum atomic E-state index is -0.376. The highest BCUT2D eigenvalue weighted by molar-refractivity contribution is 5.90. The Labute approximate surface area is 129 Å². The van der Waals surface area contributed by atoms with E-state index in [0.29, 0.717) is 11.5 Å². The molecule has 0 saturated carbocycles. The van der Waals surface area contributed by atoms with Gasteiger partial charge in [0.05, 0.1) is 0 Å². The van der Waals surface area contributed by atoms with Gasteiger partial charge in [-0.05, 0) is 36.5 Å². The van der Waals surface area contributed by atoms with Gasteiger partial charge in [-0.15, -0.1) is 0 Å². The molecule has 0 spiro atoms. The van der Waals surface area contributed by atoms with Crippen LogP contribution in [0.1, 0.15) is 70.9 Å². The summed E-state index contributed by atoms with van der Waals surface area (Å²) in [6.45, 7) is 12.0. The van der Waals surface area contributed by atoms with E-state index in [4.69, 9.17) is 0 Å². The second kappa shape index (κ2) is 7.20. The van der Waals surface area contributed by atoms with Gasteiger partial charge in [-0.2, -0.15) is 0 Å². The number of halogens is 1. The predicted molar refractivity (Wildman–Crippen MR) is 87.0 cm³/mol. The monoisotopic (exact) mass is 292 g/mol. The third-order valence-corrected chi connectivity index (χ3v) is 4.06. The Bertz CT molecular complexity index is 485. The molecule has 2 unspecified atom stereocenters. The lowest BCUT2D eigenvalue weighted by Gasteiger charge is -2.27. The van der Waals surface area contributed by atoms with Crippen molar-refractivity contribution in [3.05, 3.63) is 35.1 Å². The van der Waals surface area contributed by atoms with Gasteiger partial charge in [0.2, 0.25) is 0 Å². The van der Waals surface area contributed by atoms with Gasteiger partial charge in [0.25, 0.3) is 0 Å². The molecule has 0 fully saturated rings. The number of ketones is 1. The van der Waals surface area contributed by atoms with E-state index in [-0.39, 0.29) is 22.9 Å². The summed E-state index contributed by atoms with van der Waals surface area (Å²) in [6, 6.07) is 5.09. The molecule has 0 aliphatic carbocycles. The molecule has 2 heteroatoms. The van der Waals surface area contributed by atoms with Crippen molar-refractivity contribution in [1.29, 1.82) is 0 Å². The van der Waals surface area contributed by atoms with Crippen LogP contribution >= 0.6 is 0 Å². The van der Waals surface area contributed by atoms with Crippen LogP contribution in [0.15, 0.2) is 18.2 Å². The Morgan fingerprint density at radius 2 is 1.90 bits per heavy atom. The summed E-state index contributed by atoms with van der Waals surface area (Å²) in [4.78, 5) is 12.8. The first-order chi connectivity index (χ1) is 9.66. The number of aryl methyl sites for hydroxylation is 1. The number of benzene rings is 1. The fraction of sp³-hybridized carbons (Fsp3) is 0.632. The van der Waals surface area contributed by atoms with Crippen molar-refractivity contribution < 1.29 is 9.18 Å². The number of Topliss-reactive ketones (excluding diaryl/α,β-unsaturated/α-hetero) is 1. The van der Waals surface area contributed by atoms with Crippen LogP contribution < -0.4 is 0 Å². The molecule has 21 heavy (non-hydrogen) atoms. The number of hydrogen-bond acceptors (Lipinski definition) is 1. The molecule has 0 aliphatic heterocycles. The normalized spacial score (nSPS) is 14.8. The lowest BCUT2D eigenvalue weighted by Crippen LogP contribution is -2.28. The van der Waals surface area contributed by atoms with Crippen LogP contribution in [-0.2, 0) is 4.79 Å². The molecule has 118 valence electrons. The van der Waals surface area contributed by atoms with E-state index in [9.17, 15) is 9.18 Å². The number of hydrogen-bond donors (Lipinski definition) is 0. The van der Waals surface area contributed by atoms with E-state index in [1.165, 1.54) is 6.07 Å². The van der Waals surface area contributed by atoms with Crippen LogP contribution in [0, 0.1) is 24.1 Å². The molecule has 1 aromatic rings. The summed E-state index contributed by atoms with van der Waals surface area (Å²) >= 11 is 0. The highest BCUT2D eigenvalue weighted by atomic mass is 19.1. The molecule has 0 heterocycles. The molecule has 0 aromatic heterocycles. The first-order valence-corrected chi connectivity index (χ1v) is 7.97. The molecule has 0 saturated heterocycles. The van der Waals surface area contributed by atoms with Gasteiger partial charge >= 0.3 is 0 Å². The van der Waals surface area contributed by atoms with E-state index in [1.807, 2.05) is 26.8 Å². The molecule has 0 bridgehead atoms. The fourth-order valence-electron chi connectivity index (χ4n) is 2.81. The summed E-state index contributed by atoms with van der Waals surface area (Å²) in [5.41, 5.74) is 1.19. The first kappa shape index (κ1) is 17.9. The maximum Gasteiger partial charge on any atom is 0.145 e. The van der Waals surface area contributed by atoms with Crippen LogP contribution in [0.25, 0.3) is 0 Å². The number of rotatable bonds is 6. The molecule has 0 N–H and O–H groups in total. The predicted octanol–water partition coefficient (Wildman–Crippen LogP) is 5.66. The van der Waals surface area contributed by atoms with E-state index < -0.39 is 0 Å². The van der Waals surface area contributed by atoms with E-state index >= 15 is 0 Å². The molecule has 0 aliphatic rings. The molecule has 1 aromatic carbocycles. The van der Waals surface area contributed by atoms with E-state index in [2.05, 4.69) is 13.8 Å². The number of carbonyl (C=O) groups excluding carboxylic acids is 1. The SMILES string of the molecule is CCCC(C)CC(C(=O)C(C)(C)C)c1ccc(F)c(C)c1. The van der Waals surface area contributed by atoms with Crippen molar-refractivity contribution in [2.45, 2.75) is 66.7 Å². The summed E-state index contributed by atoms with van der Waals surface area (Å²) in [7, 11) is 0. The van der Waals surface area contributed by atoms with Crippen molar-refractivity contribution in [3.8, 4) is 0 Å². The maximum atomic E-state index is 13.5. The lowest BCUT2D eigenvalue weighted by molar-refractivity contribution is -0.128. The quantitative estimate of drug-likeness (QED) is 0.661. The Morgan fingerprint density at radius 1 is 1.29 bits per heavy atom. The summed E-state index contributed by atoms with van der Waals surface area (Å²) < 4.78 is 13.5. The van der Waals surface area contributed by atoms with Crippen molar-refractivity contribution in [2.75, 3.05) is 0 Å². The largest absolute Gasteiger partial charge is 0.298 e. The Morgan fingerprint density at radius 3 is 2.38 bits per heavy atom. The van der Waals surface area contributed by atoms with Crippen LogP contribution in [0.4, 0.5) is 4.39 Å². The molecule has 1 nitrogen and oxygen atoms in total. The van der Waals surface area contributed by atoms with E-state index in [1.54, 1.807) is 13.0 Å². The minimum absolute atomic E-state index is 0.133. The highest BCUT2D eigenvalue weighted by Crippen LogP contribution is 2.34. The van der Waals surface area contributed by atoms with Gasteiger partial charge in [0.1, 0.15) is 11.6 Å². The van der Waals surface area contributed by atoms with Crippen LogP contribution in [0.2, 0.25) is 0 Å². The first-order valence-electron chi connectivity index (χ1n) is 7.97. The van der Waals surface area contributed by atoms with Gasteiger partial charge in [0.15, 0.2) is 0 Å². The summed E-state index contributed by atoms with van der Waals surface area (Å²) in [5, 5.41) is 0. The maximum absolute atomic E-state index is 13.5. The van der Waals surface area contributed by atoms with Gasteiger partial charge < -0.3 is 0 Å². The Balaban J connectivity index is 3.11. The molecule has 0 amide bonds. The molecule has 0 radical (unpaired) electrons. The topological polar surface area (TPSA) is 17.1 Å². The smallest absolute Gasteiger partial charge is 0.145 e. The molecular weight excluding hydrogens is 263 g/mol. The van der Waals surface area contributed by atoms with Gasteiger partial charge in [-0.3, -0.25) is 4.79 Å². The van der Waals surface area contributed by atoms with Crippen molar-refractivity contribution in [2.24, 2.45) is 11.3 Å². The summed E-state index contributed by atoms with van der Waals surface area (Å²) in [6.07, 6.45) is 3.09. The zero-order valence-corrected chi connectivity index (χ0v) is 14.3. The Kier molecular flexibility index (Phi) is 6.12. The summed E-state index contributed by atoms with van der Waals surface area (Å²) in [5.74, 6) is 0.404. The standard InChI is InChI=1S/C19H29FO/c1-7-8-13(2)11-16(18(21)19(4,5)6)15-9-10-17(20)14(3)12-15/h9-10,12-13,16H,7-8,11H2,1-6H3. The third kappa shape index (κ3) is 4.94. The van der Waals surface area contributed by atoms with Crippen LogP contribution in [0.3, 0.4) is 0 Å². The average molecular weight is 292 g/mol. The second-order valence-corrected chi connectivity index (χ2v) is 7.31. The molecule has 1 rings (SSSR count). The van der Waals surface area contributed by atoms with Crippen molar-refractivity contribution in [3.63, 3.8) is 0 Å². The highest BCUT2D eigenvalue weighted by Gasteiger charge is 2.31. The van der Waals surface area contributed by atoms with Gasteiger partial charge in [-0.25, -0.2) is 4.39 Å². The number of carbonyl (C=O) groups is 1. The van der Waals surface area contributed by atoms with Gasteiger partial charge in [-0.1, -0.05) is 59.6 Å².